The second-order valence-corrected chi connectivity index (χ2v) is 10.3. The Labute approximate surface area is 226 Å². The van der Waals surface area contributed by atoms with Crippen LogP contribution in [-0.4, -0.2) is 33.4 Å². The van der Waals surface area contributed by atoms with E-state index in [0.717, 1.165) is 20.2 Å². The fraction of sp³-hybridized carbons (Fsp3) is 0.0667. The van der Waals surface area contributed by atoms with Gasteiger partial charge >= 0.3 is 0 Å². The molecule has 3 aromatic carbocycles. The second-order valence-electron chi connectivity index (χ2n) is 9.42. The van der Waals surface area contributed by atoms with E-state index in [1.165, 1.54) is 0 Å². The number of benzene rings is 3. The van der Waals surface area contributed by atoms with Crippen LogP contribution in [0.2, 0.25) is 0 Å². The summed E-state index contributed by atoms with van der Waals surface area (Å²) >= 11 is 11.0. The van der Waals surface area contributed by atoms with Gasteiger partial charge in [-0.15, -0.1) is 0 Å². The number of piperidine rings is 2. The molecule has 6 nitrogen and oxygen atoms in total. The van der Waals surface area contributed by atoms with Crippen LogP contribution in [-0.2, 0) is 19.2 Å². The van der Waals surface area contributed by atoms with E-state index < -0.39 is 35.5 Å². The molecule has 7 rings (SSSR count). The zero-order chi connectivity index (χ0) is 26.3. The van der Waals surface area contributed by atoms with Crippen LogP contribution < -0.4 is 30.7 Å². The van der Waals surface area contributed by atoms with E-state index in [1.807, 2.05) is 48.5 Å². The molecule has 0 radical (unpaired) electrons. The van der Waals surface area contributed by atoms with Crippen molar-refractivity contribution in [3.05, 3.63) is 93.7 Å². The lowest BCUT2D eigenvalue weighted by atomic mass is 9.84. The molecule has 0 N–H and O–H groups in total. The van der Waals surface area contributed by atoms with E-state index in [9.17, 15) is 19.2 Å². The minimum atomic E-state index is -0.718. The van der Waals surface area contributed by atoms with Crippen LogP contribution in [0.4, 0.5) is 11.4 Å². The predicted octanol–water partition coefficient (Wildman–Crippen LogP) is 0.695. The number of fused-ring (bicyclic) bond motifs is 6. The fourth-order valence-corrected chi connectivity index (χ4v) is 6.31. The maximum absolute atomic E-state index is 13.5. The third-order valence-electron chi connectivity index (χ3n) is 7.38. The van der Waals surface area contributed by atoms with E-state index in [-0.39, 0.29) is 0 Å². The summed E-state index contributed by atoms with van der Waals surface area (Å²) in [7, 11) is 0. The van der Waals surface area contributed by atoms with Gasteiger partial charge in [-0.05, 0) is 45.1 Å². The molecule has 3 aromatic rings. The quantitative estimate of drug-likeness (QED) is 0.357. The Morgan fingerprint density at radius 2 is 0.895 bits per heavy atom. The minimum absolute atomic E-state index is 0.326. The summed E-state index contributed by atoms with van der Waals surface area (Å²) in [6, 6.07) is 21.0. The molecule has 2 saturated heterocycles. The Balaban J connectivity index is 1.29. The summed E-state index contributed by atoms with van der Waals surface area (Å²) in [5, 5.41) is 3.01. The van der Waals surface area contributed by atoms with Gasteiger partial charge in [-0.25, -0.2) is 9.80 Å². The van der Waals surface area contributed by atoms with Crippen molar-refractivity contribution in [2.45, 2.75) is 0 Å². The van der Waals surface area contributed by atoms with Crippen molar-refractivity contribution in [1.29, 1.82) is 0 Å². The number of carbonyl (C=O) groups is 4. The number of anilines is 2. The third kappa shape index (κ3) is 2.98. The highest BCUT2D eigenvalue weighted by Crippen LogP contribution is 2.33. The topological polar surface area (TPSA) is 74.8 Å². The van der Waals surface area contributed by atoms with E-state index in [2.05, 4.69) is 0 Å². The van der Waals surface area contributed by atoms with E-state index in [4.69, 9.17) is 24.4 Å². The van der Waals surface area contributed by atoms with Gasteiger partial charge in [0.25, 0.3) is 11.8 Å². The van der Waals surface area contributed by atoms with Crippen molar-refractivity contribution >= 4 is 92.5 Å². The number of rotatable bonds is 2. The molecule has 4 aliphatic rings. The van der Waals surface area contributed by atoms with Crippen molar-refractivity contribution < 1.29 is 19.2 Å². The van der Waals surface area contributed by atoms with E-state index in [1.54, 1.807) is 36.4 Å². The number of hydrogen-bond acceptors (Lipinski definition) is 6. The third-order valence-corrected chi connectivity index (χ3v) is 8.30. The fourth-order valence-electron chi connectivity index (χ4n) is 5.58. The first-order valence-electron chi connectivity index (χ1n) is 11.9. The normalized spacial score (nSPS) is 21.7. The maximum atomic E-state index is 13.5. The molecule has 182 valence electrons. The Morgan fingerprint density at radius 1 is 0.526 bits per heavy atom. The molecule has 0 spiro atoms. The first-order valence-corrected chi connectivity index (χ1v) is 12.8. The number of hydrogen-bond donors (Lipinski definition) is 0. The van der Waals surface area contributed by atoms with Crippen LogP contribution in [0.5, 0.6) is 0 Å². The van der Waals surface area contributed by atoms with Crippen LogP contribution in [0.3, 0.4) is 0 Å². The first kappa shape index (κ1) is 22.8. The summed E-state index contributed by atoms with van der Waals surface area (Å²) < 4.78 is 0. The largest absolute Gasteiger partial charge is 0.273 e. The number of thiocarbonyl (C=S) groups is 2. The predicted molar refractivity (Wildman–Crippen MR) is 151 cm³/mol. The molecule has 38 heavy (non-hydrogen) atoms. The van der Waals surface area contributed by atoms with Crippen molar-refractivity contribution in [3.8, 4) is 0 Å². The van der Waals surface area contributed by atoms with Crippen LogP contribution >= 0.6 is 24.4 Å². The summed E-state index contributed by atoms with van der Waals surface area (Å²) in [5.41, 5.74) is 1.36. The molecular formula is C30H16N2O4S2. The van der Waals surface area contributed by atoms with Crippen molar-refractivity contribution in [2.24, 2.45) is 11.8 Å². The molecule has 4 amide bonds. The average molecular weight is 533 g/mol. The van der Waals surface area contributed by atoms with Crippen LogP contribution in [0, 0.1) is 11.8 Å². The molecule has 0 saturated carbocycles. The van der Waals surface area contributed by atoms with Crippen LogP contribution in [0.1, 0.15) is 0 Å². The molecule has 2 unspecified atom stereocenters. The monoisotopic (exact) mass is 532 g/mol. The Hall–Kier alpha value is -4.40. The second kappa shape index (κ2) is 8.05. The molecule has 2 aliphatic carbocycles. The highest BCUT2D eigenvalue weighted by Gasteiger charge is 2.45. The van der Waals surface area contributed by atoms with Gasteiger partial charge < -0.3 is 0 Å². The number of nitrogens with zero attached hydrogens (tertiary/aromatic N) is 2. The van der Waals surface area contributed by atoms with Crippen LogP contribution in [0.15, 0.2) is 72.8 Å². The lowest BCUT2D eigenvalue weighted by Crippen LogP contribution is -2.55. The molecule has 8 heteroatoms. The average Bonchev–Trinajstić information content (AvgIpc) is 2.91. The number of imide groups is 2. The molecule has 2 aliphatic heterocycles. The number of carbonyl (C=O) groups excluding carboxylic acids is 4. The van der Waals surface area contributed by atoms with Crippen LogP contribution in [0.25, 0.3) is 23.3 Å². The highest BCUT2D eigenvalue weighted by atomic mass is 32.1. The van der Waals surface area contributed by atoms with Gasteiger partial charge in [-0.2, -0.15) is 0 Å². The lowest BCUT2D eigenvalue weighted by Gasteiger charge is -2.35. The molecule has 2 fully saturated rings. The molecule has 4 bridgehead atoms. The smallest absolute Gasteiger partial charge is 0.266 e. The molecular weight excluding hydrogens is 516 g/mol. The zero-order valence-electron chi connectivity index (χ0n) is 19.6. The van der Waals surface area contributed by atoms with E-state index in [0.29, 0.717) is 42.7 Å². The van der Waals surface area contributed by atoms with Gasteiger partial charge in [0.05, 0.1) is 34.4 Å². The van der Waals surface area contributed by atoms with Gasteiger partial charge in [-0.3, -0.25) is 19.2 Å². The summed E-state index contributed by atoms with van der Waals surface area (Å²) in [4.78, 5) is 56.7. The lowest BCUT2D eigenvalue weighted by molar-refractivity contribution is -0.126. The summed E-state index contributed by atoms with van der Waals surface area (Å²) in [5.74, 6) is -3.28. The van der Waals surface area contributed by atoms with Crippen molar-refractivity contribution in [1.82, 2.24) is 0 Å². The first-order chi connectivity index (χ1) is 18.4. The van der Waals surface area contributed by atoms with Gasteiger partial charge in [-0.1, -0.05) is 85.1 Å². The molecule has 2 heterocycles. The summed E-state index contributed by atoms with van der Waals surface area (Å²) in [6.07, 6.45) is 3.57. The molecule has 2 atom stereocenters. The van der Waals surface area contributed by atoms with Gasteiger partial charge in [0.1, 0.15) is 0 Å². The zero-order valence-corrected chi connectivity index (χ0v) is 21.2. The Bertz CT molecular complexity index is 1820. The minimum Gasteiger partial charge on any atom is -0.273 e. The maximum Gasteiger partial charge on any atom is 0.266 e. The Morgan fingerprint density at radius 3 is 1.29 bits per heavy atom. The number of amides is 4. The SMILES string of the molecule is O=C1C2=c3ccccc3=CC(C(=O)N1c1ccc(N3C(=O)C4=c5ccccc5=CC(C3=O)C4=S)cc1)C2=S. The van der Waals surface area contributed by atoms with E-state index >= 15 is 0 Å². The van der Waals surface area contributed by atoms with Gasteiger partial charge in [0, 0.05) is 9.73 Å². The highest BCUT2D eigenvalue weighted by molar-refractivity contribution is 7.82. The summed E-state index contributed by atoms with van der Waals surface area (Å²) in [6.45, 7) is 0. The van der Waals surface area contributed by atoms with Gasteiger partial charge in [0.2, 0.25) is 11.8 Å². The molecule has 0 aromatic heterocycles. The standard InChI is InChI=1S/C30H16N2O4S2/c33-27-21-13-15-5-1-3-7-19(15)23(25(21)37)29(35)31(27)17-9-11-18(12-10-17)32-28(34)22-14-16-6-2-4-8-20(16)24(26(22)38)30(32)36/h1-14,21-22H. The van der Waals surface area contributed by atoms with Gasteiger partial charge in [0.15, 0.2) is 0 Å². The Kier molecular flexibility index (Phi) is 4.82. The van der Waals surface area contributed by atoms with Crippen molar-refractivity contribution in [2.75, 3.05) is 9.80 Å². The van der Waals surface area contributed by atoms with Crippen molar-refractivity contribution in [3.63, 3.8) is 0 Å².